The summed E-state index contributed by atoms with van der Waals surface area (Å²) in [6.45, 7) is 7.32. The van der Waals surface area contributed by atoms with Crippen LogP contribution in [-0.4, -0.2) is 27.0 Å². The summed E-state index contributed by atoms with van der Waals surface area (Å²) in [5, 5.41) is 2.94. The van der Waals surface area contributed by atoms with E-state index in [2.05, 4.69) is 10.3 Å². The van der Waals surface area contributed by atoms with Crippen LogP contribution in [0.2, 0.25) is 0 Å². The van der Waals surface area contributed by atoms with Gasteiger partial charge in [-0.3, -0.25) is 4.79 Å². The molecule has 4 rings (SSSR count). The summed E-state index contributed by atoms with van der Waals surface area (Å²) in [6.07, 6.45) is 5.25. The van der Waals surface area contributed by atoms with E-state index in [-0.39, 0.29) is 5.91 Å². The van der Waals surface area contributed by atoms with Crippen molar-refractivity contribution in [3.05, 3.63) is 102 Å². The number of aromatic nitrogens is 2. The van der Waals surface area contributed by atoms with Crippen LogP contribution in [0.25, 0.3) is 16.8 Å². The molecule has 1 N–H and O–H groups in total. The van der Waals surface area contributed by atoms with Gasteiger partial charge in [0.15, 0.2) is 0 Å². The molecular formula is C28H27N3O3. The summed E-state index contributed by atoms with van der Waals surface area (Å²) in [7, 11) is 0. The first-order chi connectivity index (χ1) is 16.2. The van der Waals surface area contributed by atoms with Gasteiger partial charge in [-0.25, -0.2) is 9.78 Å². The first-order valence-electron chi connectivity index (χ1n) is 11.0. The summed E-state index contributed by atoms with van der Waals surface area (Å²) in [5.41, 5.74) is 4.15. The number of aryl methyl sites for hydroxylation is 1. The lowest BCUT2D eigenvalue weighted by Gasteiger charge is -2.21. The maximum atomic E-state index is 13.3. The summed E-state index contributed by atoms with van der Waals surface area (Å²) in [5.74, 6) is -0.792. The van der Waals surface area contributed by atoms with Gasteiger partial charge in [-0.2, -0.15) is 0 Å². The second kappa shape index (κ2) is 9.35. The van der Waals surface area contributed by atoms with Gasteiger partial charge in [0.05, 0.1) is 17.6 Å². The van der Waals surface area contributed by atoms with Crippen molar-refractivity contribution in [3.63, 3.8) is 0 Å². The number of ether oxygens (including phenoxy) is 1. The molecule has 1 aromatic heterocycles. The second-order valence-corrected chi connectivity index (χ2v) is 9.05. The fourth-order valence-corrected chi connectivity index (χ4v) is 3.63. The Balaban J connectivity index is 1.68. The van der Waals surface area contributed by atoms with Crippen LogP contribution in [0.4, 0.5) is 5.69 Å². The van der Waals surface area contributed by atoms with Gasteiger partial charge in [0.1, 0.15) is 5.60 Å². The Bertz CT molecular complexity index is 1320. The zero-order chi connectivity index (χ0) is 24.3. The van der Waals surface area contributed by atoms with E-state index in [4.69, 9.17) is 4.74 Å². The van der Waals surface area contributed by atoms with Gasteiger partial charge in [0.25, 0.3) is 5.91 Å². The SMILES string of the molecule is Cc1cc(-n2ccnc2)ccc1C(=O)Nc1cc(-c2ccccc2)ccc1C(=O)OC(C)(C)C. The van der Waals surface area contributed by atoms with Crippen molar-refractivity contribution in [1.29, 1.82) is 0 Å². The van der Waals surface area contributed by atoms with Crippen molar-refractivity contribution < 1.29 is 14.3 Å². The van der Waals surface area contributed by atoms with E-state index in [9.17, 15) is 9.59 Å². The highest BCUT2D eigenvalue weighted by atomic mass is 16.6. The van der Waals surface area contributed by atoms with Gasteiger partial charge in [0, 0.05) is 23.6 Å². The number of benzene rings is 3. The molecule has 0 aliphatic rings. The molecular weight excluding hydrogens is 426 g/mol. The average Bonchev–Trinajstić information content (AvgIpc) is 3.33. The number of carbonyl (C=O) groups excluding carboxylic acids is 2. The molecule has 0 fully saturated rings. The maximum absolute atomic E-state index is 13.3. The highest BCUT2D eigenvalue weighted by Crippen LogP contribution is 2.28. The molecule has 0 radical (unpaired) electrons. The van der Waals surface area contributed by atoms with Crippen molar-refractivity contribution in [2.75, 3.05) is 5.32 Å². The molecule has 4 aromatic rings. The first kappa shape index (κ1) is 23.0. The molecule has 0 spiro atoms. The molecule has 0 aliphatic heterocycles. The number of rotatable bonds is 5. The number of nitrogens with one attached hydrogen (secondary N) is 1. The molecule has 0 saturated carbocycles. The van der Waals surface area contributed by atoms with Crippen LogP contribution < -0.4 is 5.32 Å². The van der Waals surface area contributed by atoms with Gasteiger partial charge in [0.2, 0.25) is 0 Å². The molecule has 34 heavy (non-hydrogen) atoms. The minimum Gasteiger partial charge on any atom is -0.456 e. The Labute approximate surface area is 199 Å². The topological polar surface area (TPSA) is 73.2 Å². The van der Waals surface area contributed by atoms with Gasteiger partial charge >= 0.3 is 5.97 Å². The number of anilines is 1. The number of amides is 1. The fraction of sp³-hybridized carbons (Fsp3) is 0.179. The monoisotopic (exact) mass is 453 g/mol. The van der Waals surface area contributed by atoms with E-state index >= 15 is 0 Å². The van der Waals surface area contributed by atoms with Crippen LogP contribution in [0.3, 0.4) is 0 Å². The highest BCUT2D eigenvalue weighted by molar-refractivity contribution is 6.09. The van der Waals surface area contributed by atoms with Crippen LogP contribution in [0, 0.1) is 6.92 Å². The van der Waals surface area contributed by atoms with Crippen LogP contribution in [0.5, 0.6) is 0 Å². The summed E-state index contributed by atoms with van der Waals surface area (Å²) in [6, 6.07) is 20.7. The van der Waals surface area contributed by atoms with Crippen molar-refractivity contribution in [2.45, 2.75) is 33.3 Å². The maximum Gasteiger partial charge on any atom is 0.340 e. The van der Waals surface area contributed by atoms with E-state index in [0.29, 0.717) is 16.8 Å². The Morgan fingerprint density at radius 1 is 0.912 bits per heavy atom. The lowest BCUT2D eigenvalue weighted by Crippen LogP contribution is -2.25. The molecule has 0 saturated heterocycles. The third-order valence-electron chi connectivity index (χ3n) is 5.25. The third kappa shape index (κ3) is 5.23. The predicted octanol–water partition coefficient (Wildman–Crippen LogP) is 6.06. The predicted molar refractivity (Wildman–Crippen MR) is 133 cm³/mol. The lowest BCUT2D eigenvalue weighted by molar-refractivity contribution is 0.00708. The Morgan fingerprint density at radius 3 is 2.29 bits per heavy atom. The zero-order valence-electron chi connectivity index (χ0n) is 19.7. The Morgan fingerprint density at radius 2 is 1.65 bits per heavy atom. The van der Waals surface area contributed by atoms with Crippen LogP contribution in [0.15, 0.2) is 85.5 Å². The first-order valence-corrected chi connectivity index (χ1v) is 11.0. The summed E-state index contributed by atoms with van der Waals surface area (Å²) in [4.78, 5) is 30.2. The Hall–Kier alpha value is -4.19. The fourth-order valence-electron chi connectivity index (χ4n) is 3.63. The smallest absolute Gasteiger partial charge is 0.340 e. The highest BCUT2D eigenvalue weighted by Gasteiger charge is 2.22. The van der Waals surface area contributed by atoms with Gasteiger partial charge < -0.3 is 14.6 Å². The molecule has 0 unspecified atom stereocenters. The van der Waals surface area contributed by atoms with E-state index in [1.54, 1.807) is 24.7 Å². The number of carbonyl (C=O) groups is 2. The molecule has 172 valence electrons. The minimum atomic E-state index is -0.657. The molecule has 1 amide bonds. The number of hydrogen-bond donors (Lipinski definition) is 1. The van der Waals surface area contributed by atoms with Gasteiger partial charge in [-0.15, -0.1) is 0 Å². The average molecular weight is 454 g/mol. The number of hydrogen-bond acceptors (Lipinski definition) is 4. The largest absolute Gasteiger partial charge is 0.456 e. The molecule has 1 heterocycles. The van der Waals surface area contributed by atoms with E-state index in [1.807, 2.05) is 93.1 Å². The lowest BCUT2D eigenvalue weighted by atomic mass is 10.0. The van der Waals surface area contributed by atoms with Crippen molar-refractivity contribution in [3.8, 4) is 16.8 Å². The standard InChI is InChI=1S/C28H27N3O3/c1-19-16-22(31-15-14-29-18-31)11-13-23(19)26(32)30-25-17-21(20-8-6-5-7-9-20)10-12-24(25)27(33)34-28(2,3)4/h5-18H,1-4H3,(H,30,32). The van der Waals surface area contributed by atoms with Crippen LogP contribution >= 0.6 is 0 Å². The molecule has 0 aliphatic carbocycles. The second-order valence-electron chi connectivity index (χ2n) is 9.05. The normalized spacial score (nSPS) is 11.2. The van der Waals surface area contributed by atoms with Crippen LogP contribution in [0.1, 0.15) is 47.1 Å². The molecule has 6 nitrogen and oxygen atoms in total. The molecule has 0 bridgehead atoms. The van der Waals surface area contributed by atoms with E-state index in [0.717, 1.165) is 22.4 Å². The van der Waals surface area contributed by atoms with E-state index < -0.39 is 11.6 Å². The number of nitrogens with zero attached hydrogens (tertiary/aromatic N) is 2. The minimum absolute atomic E-state index is 0.301. The number of imidazole rings is 1. The van der Waals surface area contributed by atoms with Crippen molar-refractivity contribution in [2.24, 2.45) is 0 Å². The quantitative estimate of drug-likeness (QED) is 0.373. The van der Waals surface area contributed by atoms with E-state index in [1.165, 1.54) is 0 Å². The van der Waals surface area contributed by atoms with Gasteiger partial charge in [-0.05, 0) is 74.7 Å². The molecule has 0 atom stereocenters. The van der Waals surface area contributed by atoms with Crippen LogP contribution in [-0.2, 0) is 4.74 Å². The summed E-state index contributed by atoms with van der Waals surface area (Å²) < 4.78 is 7.45. The molecule has 6 heteroatoms. The van der Waals surface area contributed by atoms with Gasteiger partial charge in [-0.1, -0.05) is 36.4 Å². The Kier molecular flexibility index (Phi) is 6.32. The van der Waals surface area contributed by atoms with Crippen molar-refractivity contribution >= 4 is 17.6 Å². The number of esters is 1. The zero-order valence-corrected chi connectivity index (χ0v) is 19.7. The summed E-state index contributed by atoms with van der Waals surface area (Å²) >= 11 is 0. The van der Waals surface area contributed by atoms with Crippen molar-refractivity contribution in [1.82, 2.24) is 9.55 Å². The third-order valence-corrected chi connectivity index (χ3v) is 5.25. The molecule has 3 aromatic carbocycles.